The molecule has 2 rings (SSSR count). The van der Waals surface area contributed by atoms with E-state index >= 15 is 0 Å². The summed E-state index contributed by atoms with van der Waals surface area (Å²) in [6.45, 7) is 2.82. The maximum absolute atomic E-state index is 13.6. The van der Waals surface area contributed by atoms with Gasteiger partial charge >= 0.3 is 0 Å². The van der Waals surface area contributed by atoms with Gasteiger partial charge in [-0.15, -0.1) is 0 Å². The maximum atomic E-state index is 13.6. The first-order chi connectivity index (χ1) is 11.5. The lowest BCUT2D eigenvalue weighted by Gasteiger charge is -2.10. The zero-order chi connectivity index (χ0) is 17.5. The van der Waals surface area contributed by atoms with E-state index in [1.807, 2.05) is 0 Å². The SMILES string of the molecule is COCCCNc1cc(C(=O)Nc2c(F)cccc2F)nc(C)n1. The van der Waals surface area contributed by atoms with Crippen molar-refractivity contribution in [1.82, 2.24) is 9.97 Å². The van der Waals surface area contributed by atoms with E-state index in [0.717, 1.165) is 18.6 Å². The fraction of sp³-hybridized carbons (Fsp3) is 0.312. The standard InChI is InChI=1S/C16H18F2N4O2/c1-10-20-13(9-14(21-10)19-7-4-8-24-2)16(23)22-15-11(17)5-3-6-12(15)18/h3,5-6,9H,4,7-8H2,1-2H3,(H,22,23)(H,19,20,21). The third-order valence-electron chi connectivity index (χ3n) is 3.10. The summed E-state index contributed by atoms with van der Waals surface area (Å²) in [6.07, 6.45) is 0.765. The summed E-state index contributed by atoms with van der Waals surface area (Å²) >= 11 is 0. The third-order valence-corrected chi connectivity index (χ3v) is 3.10. The van der Waals surface area contributed by atoms with E-state index in [1.54, 1.807) is 14.0 Å². The topological polar surface area (TPSA) is 76.1 Å². The number of methoxy groups -OCH3 is 1. The molecule has 2 N–H and O–H groups in total. The molecule has 24 heavy (non-hydrogen) atoms. The normalized spacial score (nSPS) is 10.5. The highest BCUT2D eigenvalue weighted by Crippen LogP contribution is 2.19. The second kappa shape index (κ2) is 8.30. The molecule has 0 spiro atoms. The van der Waals surface area contributed by atoms with Crippen LogP contribution in [0.4, 0.5) is 20.3 Å². The molecule has 0 unspecified atom stereocenters. The number of carbonyl (C=O) groups excluding carboxylic acids is 1. The number of nitrogens with one attached hydrogen (secondary N) is 2. The van der Waals surface area contributed by atoms with Crippen molar-refractivity contribution in [3.8, 4) is 0 Å². The Morgan fingerprint density at radius 1 is 1.25 bits per heavy atom. The molecule has 0 atom stereocenters. The second-order valence-electron chi connectivity index (χ2n) is 5.01. The number of amides is 1. The van der Waals surface area contributed by atoms with Gasteiger partial charge in [0, 0.05) is 26.3 Å². The molecule has 0 saturated heterocycles. The number of hydrogen-bond acceptors (Lipinski definition) is 5. The first-order valence-electron chi connectivity index (χ1n) is 7.35. The van der Waals surface area contributed by atoms with Crippen LogP contribution < -0.4 is 10.6 Å². The van der Waals surface area contributed by atoms with Crippen LogP contribution in [0.3, 0.4) is 0 Å². The first-order valence-corrected chi connectivity index (χ1v) is 7.35. The fourth-order valence-corrected chi connectivity index (χ4v) is 2.00. The number of hydrogen-bond donors (Lipinski definition) is 2. The number of ether oxygens (including phenoxy) is 1. The molecule has 0 radical (unpaired) electrons. The van der Waals surface area contributed by atoms with Gasteiger partial charge in [0.15, 0.2) is 0 Å². The fourth-order valence-electron chi connectivity index (χ4n) is 2.00. The lowest BCUT2D eigenvalue weighted by molar-refractivity contribution is 0.102. The van der Waals surface area contributed by atoms with E-state index < -0.39 is 23.2 Å². The van der Waals surface area contributed by atoms with Crippen molar-refractivity contribution in [3.63, 3.8) is 0 Å². The number of aryl methyl sites for hydroxylation is 1. The van der Waals surface area contributed by atoms with Crippen molar-refractivity contribution >= 4 is 17.4 Å². The number of benzene rings is 1. The molecular weight excluding hydrogens is 318 g/mol. The summed E-state index contributed by atoms with van der Waals surface area (Å²) in [6, 6.07) is 4.77. The minimum Gasteiger partial charge on any atom is -0.385 e. The lowest BCUT2D eigenvalue weighted by Crippen LogP contribution is -2.17. The summed E-state index contributed by atoms with van der Waals surface area (Å²) < 4.78 is 32.2. The molecule has 6 nitrogen and oxygen atoms in total. The Hall–Kier alpha value is -2.61. The van der Waals surface area contributed by atoms with E-state index in [0.29, 0.717) is 24.8 Å². The van der Waals surface area contributed by atoms with E-state index in [4.69, 9.17) is 4.74 Å². The molecular formula is C16H18F2N4O2. The van der Waals surface area contributed by atoms with Crippen LogP contribution in [0.1, 0.15) is 22.7 Å². The van der Waals surface area contributed by atoms with Gasteiger partial charge in [0.25, 0.3) is 5.91 Å². The van der Waals surface area contributed by atoms with Crippen LogP contribution in [0.15, 0.2) is 24.3 Å². The molecule has 0 aliphatic carbocycles. The van der Waals surface area contributed by atoms with E-state index in [9.17, 15) is 13.6 Å². The molecule has 0 aliphatic rings. The van der Waals surface area contributed by atoms with Gasteiger partial charge in [-0.3, -0.25) is 4.79 Å². The summed E-state index contributed by atoms with van der Waals surface area (Å²) in [5.41, 5.74) is -0.493. The molecule has 0 fully saturated rings. The Morgan fingerprint density at radius 3 is 2.62 bits per heavy atom. The Balaban J connectivity index is 2.13. The van der Waals surface area contributed by atoms with Gasteiger partial charge in [-0.25, -0.2) is 18.7 Å². The Kier molecular flexibility index (Phi) is 6.14. The highest BCUT2D eigenvalue weighted by molar-refractivity contribution is 6.03. The van der Waals surface area contributed by atoms with Crippen LogP contribution >= 0.6 is 0 Å². The predicted octanol–water partition coefficient (Wildman–Crippen LogP) is 2.76. The highest BCUT2D eigenvalue weighted by Gasteiger charge is 2.15. The predicted molar refractivity (Wildman–Crippen MR) is 86.1 cm³/mol. The monoisotopic (exact) mass is 336 g/mol. The Morgan fingerprint density at radius 2 is 1.96 bits per heavy atom. The lowest BCUT2D eigenvalue weighted by atomic mass is 10.2. The molecule has 1 heterocycles. The van der Waals surface area contributed by atoms with Gasteiger partial charge < -0.3 is 15.4 Å². The number of carbonyl (C=O) groups is 1. The van der Waals surface area contributed by atoms with Gasteiger partial charge in [0.05, 0.1) is 0 Å². The van der Waals surface area contributed by atoms with Crippen molar-refractivity contribution in [2.45, 2.75) is 13.3 Å². The number of rotatable bonds is 7. The molecule has 0 bridgehead atoms. The molecule has 128 valence electrons. The van der Waals surface area contributed by atoms with Crippen LogP contribution in [0.2, 0.25) is 0 Å². The van der Waals surface area contributed by atoms with Gasteiger partial charge in [0.1, 0.15) is 34.7 Å². The minimum absolute atomic E-state index is 0.0133. The molecule has 1 amide bonds. The molecule has 1 aromatic heterocycles. The Labute approximate surface area is 138 Å². The van der Waals surface area contributed by atoms with E-state index in [2.05, 4.69) is 20.6 Å². The Bertz CT molecular complexity index is 705. The van der Waals surface area contributed by atoms with Crippen LogP contribution in [0, 0.1) is 18.6 Å². The van der Waals surface area contributed by atoms with Crippen LogP contribution in [0.5, 0.6) is 0 Å². The first kappa shape index (κ1) is 17.7. The average Bonchev–Trinajstić information content (AvgIpc) is 2.54. The average molecular weight is 336 g/mol. The summed E-state index contributed by atoms with van der Waals surface area (Å²) in [5, 5.41) is 5.24. The van der Waals surface area contributed by atoms with Crippen molar-refractivity contribution in [3.05, 3.63) is 47.4 Å². The smallest absolute Gasteiger partial charge is 0.274 e. The van der Waals surface area contributed by atoms with Crippen LogP contribution in [0.25, 0.3) is 0 Å². The largest absolute Gasteiger partial charge is 0.385 e. The zero-order valence-corrected chi connectivity index (χ0v) is 13.4. The quantitative estimate of drug-likeness (QED) is 0.761. The summed E-state index contributed by atoms with van der Waals surface area (Å²) in [4.78, 5) is 20.4. The highest BCUT2D eigenvalue weighted by atomic mass is 19.1. The van der Waals surface area contributed by atoms with Gasteiger partial charge in [0.2, 0.25) is 0 Å². The van der Waals surface area contributed by atoms with E-state index in [1.165, 1.54) is 12.1 Å². The molecule has 8 heteroatoms. The molecule has 1 aromatic carbocycles. The molecule has 0 aliphatic heterocycles. The van der Waals surface area contributed by atoms with Gasteiger partial charge in [-0.05, 0) is 25.5 Å². The van der Waals surface area contributed by atoms with Crippen LogP contribution in [-0.2, 0) is 4.74 Å². The number of halogens is 2. The summed E-state index contributed by atoms with van der Waals surface area (Å²) in [5.74, 6) is -1.60. The van der Waals surface area contributed by atoms with Crippen molar-refractivity contribution in [2.75, 3.05) is 30.9 Å². The molecule has 0 saturated carbocycles. The number of para-hydroxylation sites is 1. The summed E-state index contributed by atoms with van der Waals surface area (Å²) in [7, 11) is 1.61. The number of nitrogens with zero attached hydrogens (tertiary/aromatic N) is 2. The third kappa shape index (κ3) is 4.69. The van der Waals surface area contributed by atoms with Crippen molar-refractivity contribution in [1.29, 1.82) is 0 Å². The minimum atomic E-state index is -0.855. The van der Waals surface area contributed by atoms with Gasteiger partial charge in [-0.1, -0.05) is 6.07 Å². The maximum Gasteiger partial charge on any atom is 0.274 e. The number of anilines is 2. The zero-order valence-electron chi connectivity index (χ0n) is 13.4. The van der Waals surface area contributed by atoms with E-state index in [-0.39, 0.29) is 5.69 Å². The van der Waals surface area contributed by atoms with Gasteiger partial charge in [-0.2, -0.15) is 0 Å². The second-order valence-corrected chi connectivity index (χ2v) is 5.01. The van der Waals surface area contributed by atoms with Crippen molar-refractivity contribution in [2.24, 2.45) is 0 Å². The number of aromatic nitrogens is 2. The molecule has 2 aromatic rings. The van der Waals surface area contributed by atoms with Crippen molar-refractivity contribution < 1.29 is 18.3 Å². The van der Waals surface area contributed by atoms with Crippen LogP contribution in [-0.4, -0.2) is 36.1 Å².